The molecule has 0 spiro atoms. The Morgan fingerprint density at radius 2 is 2.26 bits per heavy atom. The van der Waals surface area contributed by atoms with E-state index in [0.29, 0.717) is 0 Å². The summed E-state index contributed by atoms with van der Waals surface area (Å²) in [4.78, 5) is 22.8. The number of benzene rings is 1. The maximum absolute atomic E-state index is 11.0. The average Bonchev–Trinajstić information content (AvgIpc) is 3.19. The summed E-state index contributed by atoms with van der Waals surface area (Å²) in [7, 11) is 0. The van der Waals surface area contributed by atoms with Crippen molar-refractivity contribution in [1.82, 2.24) is 0 Å². The highest BCUT2D eigenvalue weighted by molar-refractivity contribution is 5.77. The minimum absolute atomic E-state index is 0.0303. The van der Waals surface area contributed by atoms with Crippen LogP contribution in [0.3, 0.4) is 0 Å². The third-order valence-electron chi connectivity index (χ3n) is 2.90. The fourth-order valence-corrected chi connectivity index (χ4v) is 1.92. The fraction of sp³-hybridized carbons (Fsp3) is 0.333. The smallest absolute Gasteiger partial charge is 0.323 e. The van der Waals surface area contributed by atoms with Gasteiger partial charge in [0.1, 0.15) is 12.2 Å². The van der Waals surface area contributed by atoms with Crippen molar-refractivity contribution in [3.8, 4) is 6.07 Å². The molecule has 98 valence electrons. The van der Waals surface area contributed by atoms with Crippen LogP contribution in [0.25, 0.3) is 0 Å². The van der Waals surface area contributed by atoms with E-state index < -0.39 is 10.9 Å². The molecule has 0 bridgehead atoms. The number of nitro benzene ring substituents is 1. The fourth-order valence-electron chi connectivity index (χ4n) is 1.92. The number of hydrogen-bond donors (Lipinski definition) is 1. The molecular formula is C12H11N3O4. The van der Waals surface area contributed by atoms with E-state index in [4.69, 9.17) is 10.4 Å². The zero-order chi connectivity index (χ0) is 14.0. The van der Waals surface area contributed by atoms with Gasteiger partial charge in [0.25, 0.3) is 5.69 Å². The highest BCUT2D eigenvalue weighted by atomic mass is 16.6. The Balaban J connectivity index is 2.43. The number of carboxylic acid groups (broad SMARTS) is 1. The van der Waals surface area contributed by atoms with Crippen LogP contribution < -0.4 is 4.90 Å². The number of anilines is 1. The van der Waals surface area contributed by atoms with Gasteiger partial charge in [0.2, 0.25) is 0 Å². The Bertz CT molecular complexity index is 575. The van der Waals surface area contributed by atoms with Crippen molar-refractivity contribution in [2.75, 3.05) is 11.4 Å². The van der Waals surface area contributed by atoms with Crippen LogP contribution in [0.15, 0.2) is 18.2 Å². The van der Waals surface area contributed by atoms with Crippen molar-refractivity contribution in [2.24, 2.45) is 0 Å². The second kappa shape index (κ2) is 4.94. The Labute approximate surface area is 108 Å². The lowest BCUT2D eigenvalue weighted by Crippen LogP contribution is -2.32. The number of rotatable bonds is 5. The van der Waals surface area contributed by atoms with E-state index in [0.717, 1.165) is 12.8 Å². The third-order valence-corrected chi connectivity index (χ3v) is 2.90. The molecule has 7 heteroatoms. The molecule has 0 aliphatic heterocycles. The number of aliphatic carboxylic acids is 1. The Kier molecular flexibility index (Phi) is 3.33. The van der Waals surface area contributed by atoms with E-state index in [1.807, 2.05) is 6.07 Å². The maximum atomic E-state index is 11.0. The van der Waals surface area contributed by atoms with Crippen LogP contribution in [0, 0.1) is 21.4 Å². The van der Waals surface area contributed by atoms with E-state index in [2.05, 4.69) is 0 Å². The topological polar surface area (TPSA) is 107 Å². The summed E-state index contributed by atoms with van der Waals surface area (Å²) in [6.07, 6.45) is 1.65. The number of nitro groups is 1. The lowest BCUT2D eigenvalue weighted by molar-refractivity contribution is -0.384. The summed E-state index contributed by atoms with van der Waals surface area (Å²) in [5.74, 6) is -1.04. The molecule has 2 rings (SSSR count). The Morgan fingerprint density at radius 3 is 2.74 bits per heavy atom. The molecule has 1 fully saturated rings. The van der Waals surface area contributed by atoms with Crippen LogP contribution in [-0.4, -0.2) is 28.6 Å². The molecule has 0 atom stereocenters. The summed E-state index contributed by atoms with van der Waals surface area (Å²) in [5, 5.41) is 28.7. The number of carboxylic acids is 1. The monoisotopic (exact) mass is 261 g/mol. The van der Waals surface area contributed by atoms with Gasteiger partial charge in [0.15, 0.2) is 0 Å². The summed E-state index contributed by atoms with van der Waals surface area (Å²) < 4.78 is 0. The summed E-state index contributed by atoms with van der Waals surface area (Å²) >= 11 is 0. The van der Waals surface area contributed by atoms with Gasteiger partial charge in [-0.05, 0) is 25.0 Å². The first-order chi connectivity index (χ1) is 9.02. The van der Waals surface area contributed by atoms with Crippen LogP contribution >= 0.6 is 0 Å². The first-order valence-corrected chi connectivity index (χ1v) is 5.70. The molecule has 1 saturated carbocycles. The van der Waals surface area contributed by atoms with Gasteiger partial charge in [-0.25, -0.2) is 0 Å². The standard InChI is InChI=1S/C12H11N3O4/c13-6-8-1-4-10(11(5-8)15(18)19)14(7-12(16)17)9-2-3-9/h1,4-5,9H,2-3,7H2,(H,16,17). The van der Waals surface area contributed by atoms with E-state index >= 15 is 0 Å². The van der Waals surface area contributed by atoms with Crippen LogP contribution in [0.1, 0.15) is 18.4 Å². The van der Waals surface area contributed by atoms with E-state index in [1.165, 1.54) is 23.1 Å². The van der Waals surface area contributed by atoms with Gasteiger partial charge in [0.05, 0.1) is 16.6 Å². The second-order valence-electron chi connectivity index (χ2n) is 4.33. The lowest BCUT2D eigenvalue weighted by atomic mass is 10.1. The molecule has 1 aromatic carbocycles. The van der Waals surface area contributed by atoms with Crippen molar-refractivity contribution in [1.29, 1.82) is 5.26 Å². The van der Waals surface area contributed by atoms with Gasteiger partial charge in [-0.15, -0.1) is 0 Å². The highest BCUT2D eigenvalue weighted by Crippen LogP contribution is 2.37. The summed E-state index contributed by atoms with van der Waals surface area (Å²) in [6.45, 7) is -0.280. The van der Waals surface area contributed by atoms with E-state index in [-0.39, 0.29) is 29.5 Å². The van der Waals surface area contributed by atoms with Gasteiger partial charge >= 0.3 is 5.97 Å². The number of hydrogen-bond acceptors (Lipinski definition) is 5. The van der Waals surface area contributed by atoms with Crippen LogP contribution in [0.4, 0.5) is 11.4 Å². The van der Waals surface area contributed by atoms with Gasteiger partial charge in [0, 0.05) is 12.1 Å². The largest absolute Gasteiger partial charge is 0.480 e. The van der Waals surface area contributed by atoms with Crippen LogP contribution in [0.2, 0.25) is 0 Å². The van der Waals surface area contributed by atoms with Gasteiger partial charge < -0.3 is 10.0 Å². The van der Waals surface area contributed by atoms with Crippen molar-refractivity contribution < 1.29 is 14.8 Å². The molecular weight excluding hydrogens is 250 g/mol. The molecule has 1 aliphatic rings. The van der Waals surface area contributed by atoms with Crippen molar-refractivity contribution in [3.63, 3.8) is 0 Å². The minimum Gasteiger partial charge on any atom is -0.480 e. The predicted molar refractivity (Wildman–Crippen MR) is 65.8 cm³/mol. The highest BCUT2D eigenvalue weighted by Gasteiger charge is 2.34. The van der Waals surface area contributed by atoms with Crippen LogP contribution in [0.5, 0.6) is 0 Å². The number of nitriles is 1. The molecule has 0 radical (unpaired) electrons. The predicted octanol–water partition coefficient (Wildman–Crippen LogP) is 1.52. The van der Waals surface area contributed by atoms with Crippen molar-refractivity contribution in [2.45, 2.75) is 18.9 Å². The summed E-state index contributed by atoms with van der Waals surface area (Å²) in [5.41, 5.74) is 0.211. The maximum Gasteiger partial charge on any atom is 0.323 e. The molecule has 0 amide bonds. The van der Waals surface area contributed by atoms with E-state index in [9.17, 15) is 14.9 Å². The minimum atomic E-state index is -1.04. The zero-order valence-corrected chi connectivity index (χ0v) is 9.94. The Morgan fingerprint density at radius 1 is 1.58 bits per heavy atom. The molecule has 1 aliphatic carbocycles. The van der Waals surface area contributed by atoms with Gasteiger partial charge in [-0.2, -0.15) is 5.26 Å². The molecule has 7 nitrogen and oxygen atoms in total. The molecule has 0 heterocycles. The van der Waals surface area contributed by atoms with Crippen molar-refractivity contribution >= 4 is 17.3 Å². The van der Waals surface area contributed by atoms with E-state index in [1.54, 1.807) is 0 Å². The third kappa shape index (κ3) is 2.80. The molecule has 1 aromatic rings. The zero-order valence-electron chi connectivity index (χ0n) is 9.94. The van der Waals surface area contributed by atoms with Crippen molar-refractivity contribution in [3.05, 3.63) is 33.9 Å². The molecule has 0 saturated heterocycles. The first-order valence-electron chi connectivity index (χ1n) is 5.70. The first kappa shape index (κ1) is 12.8. The van der Waals surface area contributed by atoms with Gasteiger partial charge in [-0.1, -0.05) is 0 Å². The SMILES string of the molecule is N#Cc1ccc(N(CC(=O)O)C2CC2)c([N+](=O)[O-])c1. The quantitative estimate of drug-likeness (QED) is 0.636. The lowest BCUT2D eigenvalue weighted by Gasteiger charge is -2.22. The number of nitrogens with zero attached hydrogens (tertiary/aromatic N) is 3. The normalized spacial score (nSPS) is 13.6. The average molecular weight is 261 g/mol. The molecule has 0 unspecified atom stereocenters. The Hall–Kier alpha value is -2.62. The molecule has 0 aromatic heterocycles. The van der Waals surface area contributed by atoms with Gasteiger partial charge in [-0.3, -0.25) is 14.9 Å². The molecule has 19 heavy (non-hydrogen) atoms. The second-order valence-corrected chi connectivity index (χ2v) is 4.33. The molecule has 1 N–H and O–H groups in total. The summed E-state index contributed by atoms with van der Waals surface area (Å²) in [6, 6.07) is 5.94. The number of carbonyl (C=O) groups is 1. The van der Waals surface area contributed by atoms with Crippen LogP contribution in [-0.2, 0) is 4.79 Å².